The molecule has 0 N–H and O–H groups in total. The van der Waals surface area contributed by atoms with Crippen molar-refractivity contribution < 1.29 is 27.5 Å². The molecule has 2 heterocycles. The smallest absolute Gasteiger partial charge is 0.306 e. The first kappa shape index (κ1) is 19.0. The van der Waals surface area contributed by atoms with E-state index in [9.17, 15) is 22.8 Å². The standard InChI is InChI=1S/C17H18BrNO6S/c18-12-2-3-13-14(9-12)17(22)19(16(13)21)5-1-6-25-15(20)8-11-4-7-26(23,24)10-11/h2-3,9,11H,1,4-8,10H2/t11-/m0/s1. The van der Waals surface area contributed by atoms with E-state index in [1.165, 1.54) is 0 Å². The molecule has 7 nitrogen and oxygen atoms in total. The number of fused-ring (bicyclic) bond motifs is 1. The molecular weight excluding hydrogens is 426 g/mol. The van der Waals surface area contributed by atoms with E-state index in [1.807, 2.05) is 0 Å². The first-order valence-electron chi connectivity index (χ1n) is 8.28. The number of hydrogen-bond donors (Lipinski definition) is 0. The van der Waals surface area contributed by atoms with Gasteiger partial charge in [0.2, 0.25) is 0 Å². The number of sulfone groups is 1. The molecule has 0 spiro atoms. The summed E-state index contributed by atoms with van der Waals surface area (Å²) < 4.78 is 28.6. The average molecular weight is 444 g/mol. The van der Waals surface area contributed by atoms with Gasteiger partial charge in [-0.25, -0.2) is 8.42 Å². The van der Waals surface area contributed by atoms with E-state index in [1.54, 1.807) is 18.2 Å². The second-order valence-corrected chi connectivity index (χ2v) is 9.64. The molecule has 26 heavy (non-hydrogen) atoms. The maximum Gasteiger partial charge on any atom is 0.306 e. The van der Waals surface area contributed by atoms with Crippen LogP contribution in [0.25, 0.3) is 0 Å². The van der Waals surface area contributed by atoms with Crippen LogP contribution in [-0.4, -0.2) is 55.8 Å². The maximum atomic E-state index is 12.3. The van der Waals surface area contributed by atoms with Crippen LogP contribution in [0.15, 0.2) is 22.7 Å². The Morgan fingerprint density at radius 2 is 1.96 bits per heavy atom. The molecule has 1 atom stereocenters. The molecule has 0 unspecified atom stereocenters. The van der Waals surface area contributed by atoms with Crippen LogP contribution in [0.4, 0.5) is 0 Å². The number of esters is 1. The largest absolute Gasteiger partial charge is 0.466 e. The molecule has 140 valence electrons. The van der Waals surface area contributed by atoms with Crippen molar-refractivity contribution in [2.75, 3.05) is 24.7 Å². The fourth-order valence-electron chi connectivity index (χ4n) is 3.20. The highest BCUT2D eigenvalue weighted by molar-refractivity contribution is 9.10. The molecule has 0 bridgehead atoms. The molecular formula is C17H18BrNO6S. The molecule has 1 aromatic rings. The number of ether oxygens (including phenoxy) is 1. The Balaban J connectivity index is 1.44. The zero-order valence-corrected chi connectivity index (χ0v) is 16.3. The van der Waals surface area contributed by atoms with Gasteiger partial charge in [0.05, 0.1) is 29.2 Å². The number of imide groups is 1. The third-order valence-electron chi connectivity index (χ3n) is 4.50. The minimum atomic E-state index is -3.01. The minimum Gasteiger partial charge on any atom is -0.466 e. The van der Waals surface area contributed by atoms with Crippen LogP contribution < -0.4 is 0 Å². The monoisotopic (exact) mass is 443 g/mol. The first-order chi connectivity index (χ1) is 12.3. The molecule has 3 rings (SSSR count). The van der Waals surface area contributed by atoms with Crippen molar-refractivity contribution in [3.63, 3.8) is 0 Å². The van der Waals surface area contributed by atoms with Crippen molar-refractivity contribution in [2.45, 2.75) is 19.3 Å². The van der Waals surface area contributed by atoms with Gasteiger partial charge in [-0.05, 0) is 37.0 Å². The summed E-state index contributed by atoms with van der Waals surface area (Å²) in [7, 11) is -3.01. The lowest BCUT2D eigenvalue weighted by Gasteiger charge is -2.14. The number of nitrogens with zero attached hydrogens (tertiary/aromatic N) is 1. The van der Waals surface area contributed by atoms with Crippen LogP contribution in [0, 0.1) is 5.92 Å². The van der Waals surface area contributed by atoms with Crippen LogP contribution in [0.5, 0.6) is 0 Å². The summed E-state index contributed by atoms with van der Waals surface area (Å²) in [5.74, 6) is -1.16. The van der Waals surface area contributed by atoms with Crippen molar-refractivity contribution in [3.8, 4) is 0 Å². The van der Waals surface area contributed by atoms with Gasteiger partial charge in [0.25, 0.3) is 11.8 Å². The Hall–Kier alpha value is -1.74. The van der Waals surface area contributed by atoms with Crippen LogP contribution in [0.1, 0.15) is 40.0 Å². The fraction of sp³-hybridized carbons (Fsp3) is 0.471. The summed E-state index contributed by atoms with van der Waals surface area (Å²) in [6, 6.07) is 4.93. The van der Waals surface area contributed by atoms with Gasteiger partial charge in [-0.15, -0.1) is 0 Å². The summed E-state index contributed by atoms with van der Waals surface area (Å²) in [6.07, 6.45) is 0.906. The van der Waals surface area contributed by atoms with Crippen LogP contribution in [0.2, 0.25) is 0 Å². The van der Waals surface area contributed by atoms with Gasteiger partial charge in [-0.3, -0.25) is 19.3 Å². The number of amides is 2. The van der Waals surface area contributed by atoms with Crippen LogP contribution >= 0.6 is 15.9 Å². The summed E-state index contributed by atoms with van der Waals surface area (Å²) >= 11 is 3.28. The summed E-state index contributed by atoms with van der Waals surface area (Å²) in [4.78, 5) is 37.5. The summed E-state index contributed by atoms with van der Waals surface area (Å²) in [5.41, 5.74) is 0.737. The molecule has 0 aromatic heterocycles. The van der Waals surface area contributed by atoms with Gasteiger partial charge in [-0.1, -0.05) is 15.9 Å². The van der Waals surface area contributed by atoms with Crippen LogP contribution in [-0.2, 0) is 19.4 Å². The van der Waals surface area contributed by atoms with Gasteiger partial charge < -0.3 is 4.74 Å². The Kier molecular flexibility index (Phi) is 5.47. The highest BCUT2D eigenvalue weighted by Crippen LogP contribution is 2.26. The molecule has 1 saturated heterocycles. The predicted molar refractivity (Wildman–Crippen MR) is 96.5 cm³/mol. The minimum absolute atomic E-state index is 0.0344. The number of rotatable bonds is 6. The Bertz CT molecular complexity index is 866. The third-order valence-corrected chi connectivity index (χ3v) is 6.83. The Labute approximate surface area is 159 Å². The first-order valence-corrected chi connectivity index (χ1v) is 10.9. The quantitative estimate of drug-likeness (QED) is 0.377. The van der Waals surface area contributed by atoms with E-state index in [0.717, 1.165) is 9.37 Å². The number of halogens is 1. The number of carbonyl (C=O) groups is 3. The van der Waals surface area contributed by atoms with E-state index in [-0.39, 0.29) is 48.8 Å². The van der Waals surface area contributed by atoms with Crippen molar-refractivity contribution in [1.29, 1.82) is 0 Å². The van der Waals surface area contributed by atoms with Gasteiger partial charge in [0.1, 0.15) is 0 Å². The maximum absolute atomic E-state index is 12.3. The van der Waals surface area contributed by atoms with E-state index in [4.69, 9.17) is 4.74 Å². The SMILES string of the molecule is O=C(C[C@@H]1CCS(=O)(=O)C1)OCCCN1C(=O)c2ccc(Br)cc2C1=O. The van der Waals surface area contributed by atoms with E-state index < -0.39 is 15.8 Å². The lowest BCUT2D eigenvalue weighted by Crippen LogP contribution is -2.31. The van der Waals surface area contributed by atoms with Crippen molar-refractivity contribution in [2.24, 2.45) is 5.92 Å². The average Bonchev–Trinajstić information content (AvgIpc) is 3.02. The molecule has 9 heteroatoms. The second kappa shape index (κ2) is 7.48. The Morgan fingerprint density at radius 1 is 1.23 bits per heavy atom. The predicted octanol–water partition coefficient (Wildman–Crippen LogP) is 1.80. The van der Waals surface area contributed by atoms with Crippen LogP contribution in [0.3, 0.4) is 0 Å². The molecule has 0 aliphatic carbocycles. The third kappa shape index (κ3) is 4.15. The molecule has 0 radical (unpaired) electrons. The molecule has 1 aromatic carbocycles. The van der Waals surface area contributed by atoms with Crippen molar-refractivity contribution >= 4 is 43.6 Å². The summed E-state index contributed by atoms with van der Waals surface area (Å²) in [5, 5.41) is 0. The van der Waals surface area contributed by atoms with Crippen molar-refractivity contribution in [3.05, 3.63) is 33.8 Å². The molecule has 2 aliphatic rings. The number of carbonyl (C=O) groups excluding carboxylic acids is 3. The lowest BCUT2D eigenvalue weighted by molar-refractivity contribution is -0.144. The number of benzene rings is 1. The van der Waals surface area contributed by atoms with Gasteiger partial charge in [-0.2, -0.15) is 0 Å². The van der Waals surface area contributed by atoms with E-state index in [2.05, 4.69) is 15.9 Å². The van der Waals surface area contributed by atoms with E-state index in [0.29, 0.717) is 24.0 Å². The Morgan fingerprint density at radius 3 is 2.65 bits per heavy atom. The highest BCUT2D eigenvalue weighted by atomic mass is 79.9. The molecule has 0 saturated carbocycles. The fourth-order valence-corrected chi connectivity index (χ4v) is 5.43. The second-order valence-electron chi connectivity index (χ2n) is 6.50. The molecule has 1 fully saturated rings. The lowest BCUT2D eigenvalue weighted by atomic mass is 10.1. The zero-order valence-electron chi connectivity index (χ0n) is 13.9. The molecule has 2 amide bonds. The van der Waals surface area contributed by atoms with Gasteiger partial charge in [0.15, 0.2) is 9.84 Å². The highest BCUT2D eigenvalue weighted by Gasteiger charge is 2.35. The zero-order chi connectivity index (χ0) is 18.9. The van der Waals surface area contributed by atoms with E-state index >= 15 is 0 Å². The molecule has 2 aliphatic heterocycles. The topological polar surface area (TPSA) is 97.8 Å². The normalized spacial score (nSPS) is 21.1. The summed E-state index contributed by atoms with van der Waals surface area (Å²) in [6.45, 7) is 0.241. The van der Waals surface area contributed by atoms with Gasteiger partial charge in [0, 0.05) is 17.4 Å². The van der Waals surface area contributed by atoms with Gasteiger partial charge >= 0.3 is 5.97 Å². The number of hydrogen-bond acceptors (Lipinski definition) is 6. The van der Waals surface area contributed by atoms with Crippen molar-refractivity contribution in [1.82, 2.24) is 4.90 Å².